The van der Waals surface area contributed by atoms with Crippen molar-refractivity contribution in [1.29, 1.82) is 0 Å². The van der Waals surface area contributed by atoms with Crippen LogP contribution in [-0.2, 0) is 6.42 Å². The van der Waals surface area contributed by atoms with E-state index in [2.05, 4.69) is 35.4 Å². The van der Waals surface area contributed by atoms with Gasteiger partial charge in [-0.05, 0) is 18.1 Å². The summed E-state index contributed by atoms with van der Waals surface area (Å²) in [4.78, 5) is 15.0. The van der Waals surface area contributed by atoms with Gasteiger partial charge in [-0.2, -0.15) is 5.10 Å². The first-order valence-corrected chi connectivity index (χ1v) is 8.94. The maximum Gasteiger partial charge on any atom is 0.162 e. The van der Waals surface area contributed by atoms with Crippen LogP contribution >= 0.6 is 11.6 Å². The fourth-order valence-electron chi connectivity index (χ4n) is 3.01. The first-order chi connectivity index (χ1) is 13.2. The number of hydrogen-bond acceptors (Lipinski definition) is 7. The predicted molar refractivity (Wildman–Crippen MR) is 101 cm³/mol. The normalized spacial score (nSPS) is 16.4. The first-order valence-electron chi connectivity index (χ1n) is 8.56. The smallest absolute Gasteiger partial charge is 0.162 e. The molecule has 0 fully saturated rings. The van der Waals surface area contributed by atoms with Crippen LogP contribution in [0.5, 0.6) is 0 Å². The zero-order valence-corrected chi connectivity index (χ0v) is 15.2. The number of nitrogens with one attached hydrogen (secondary N) is 2. The molecule has 3 aromatic rings. The van der Waals surface area contributed by atoms with Crippen LogP contribution in [0.1, 0.15) is 17.4 Å². The molecule has 0 bridgehead atoms. The second kappa shape index (κ2) is 7.77. The van der Waals surface area contributed by atoms with Gasteiger partial charge in [0.25, 0.3) is 0 Å². The molecule has 0 spiro atoms. The SMILES string of the molecule is OCCN(CCc1cn[nH]c1)C1=CC=NC(c2cnc3cnc(Cl)cn23)N1. The van der Waals surface area contributed by atoms with Crippen molar-refractivity contribution in [2.75, 3.05) is 19.7 Å². The molecule has 4 rings (SSSR count). The molecule has 1 atom stereocenters. The number of halogens is 1. The zero-order valence-electron chi connectivity index (χ0n) is 14.5. The largest absolute Gasteiger partial charge is 0.395 e. The minimum absolute atomic E-state index is 0.0586. The van der Waals surface area contributed by atoms with Crippen LogP contribution in [-0.4, -0.2) is 60.5 Å². The summed E-state index contributed by atoms with van der Waals surface area (Å²) in [6.07, 6.45) is 13.0. The molecule has 9 nitrogen and oxygen atoms in total. The van der Waals surface area contributed by atoms with Gasteiger partial charge in [0.2, 0.25) is 0 Å². The highest BCUT2D eigenvalue weighted by molar-refractivity contribution is 6.29. The Morgan fingerprint density at radius 2 is 2.15 bits per heavy atom. The molecule has 0 radical (unpaired) electrons. The third kappa shape index (κ3) is 3.79. The number of fused-ring (bicyclic) bond motifs is 1. The van der Waals surface area contributed by atoms with Crippen molar-refractivity contribution in [2.45, 2.75) is 12.6 Å². The second-order valence-electron chi connectivity index (χ2n) is 6.09. The van der Waals surface area contributed by atoms with Crippen molar-refractivity contribution in [3.63, 3.8) is 0 Å². The topological polar surface area (TPSA) is 107 Å². The summed E-state index contributed by atoms with van der Waals surface area (Å²) in [5, 5.41) is 20.1. The minimum Gasteiger partial charge on any atom is -0.395 e. The number of aliphatic imine (C=N–C) groups is 1. The Bertz CT molecular complexity index is 965. The van der Waals surface area contributed by atoms with Crippen molar-refractivity contribution in [3.05, 3.63) is 59.3 Å². The molecule has 1 aliphatic heterocycles. The van der Waals surface area contributed by atoms with Gasteiger partial charge in [-0.15, -0.1) is 0 Å². The van der Waals surface area contributed by atoms with Crippen LogP contribution in [0.4, 0.5) is 0 Å². The molecule has 0 amide bonds. The fourth-order valence-corrected chi connectivity index (χ4v) is 3.16. The van der Waals surface area contributed by atoms with E-state index in [0.29, 0.717) is 17.3 Å². The lowest BCUT2D eigenvalue weighted by molar-refractivity contribution is 0.215. The first kappa shape index (κ1) is 17.5. The summed E-state index contributed by atoms with van der Waals surface area (Å²) in [5.41, 5.74) is 2.67. The highest BCUT2D eigenvalue weighted by Crippen LogP contribution is 2.21. The maximum atomic E-state index is 9.46. The molecule has 140 valence electrons. The molecule has 0 aromatic carbocycles. The minimum atomic E-state index is -0.311. The number of aliphatic hydroxyl groups excluding tert-OH is 1. The summed E-state index contributed by atoms with van der Waals surface area (Å²) < 4.78 is 1.87. The van der Waals surface area contributed by atoms with Crippen LogP contribution in [0.2, 0.25) is 5.15 Å². The van der Waals surface area contributed by atoms with Gasteiger partial charge in [-0.3, -0.25) is 14.5 Å². The summed E-state index contributed by atoms with van der Waals surface area (Å²) in [7, 11) is 0. The molecule has 0 saturated heterocycles. The molecule has 0 aliphatic carbocycles. The fraction of sp³-hybridized carbons (Fsp3) is 0.294. The molecule has 10 heteroatoms. The van der Waals surface area contributed by atoms with Gasteiger partial charge < -0.3 is 15.3 Å². The molecule has 1 aliphatic rings. The molecular formula is C17H19ClN8O. The molecule has 1 unspecified atom stereocenters. The summed E-state index contributed by atoms with van der Waals surface area (Å²) in [6.45, 7) is 1.31. The van der Waals surface area contributed by atoms with Crippen molar-refractivity contribution >= 4 is 23.5 Å². The molecule has 27 heavy (non-hydrogen) atoms. The van der Waals surface area contributed by atoms with Gasteiger partial charge >= 0.3 is 0 Å². The van der Waals surface area contributed by atoms with Gasteiger partial charge in [0.05, 0.1) is 30.9 Å². The van der Waals surface area contributed by atoms with E-state index < -0.39 is 0 Å². The van der Waals surface area contributed by atoms with E-state index in [9.17, 15) is 5.11 Å². The number of aromatic amines is 1. The summed E-state index contributed by atoms with van der Waals surface area (Å²) in [6, 6.07) is 0. The van der Waals surface area contributed by atoms with Gasteiger partial charge in [0.15, 0.2) is 11.8 Å². The number of aromatic nitrogens is 5. The summed E-state index contributed by atoms with van der Waals surface area (Å²) >= 11 is 6.02. The summed E-state index contributed by atoms with van der Waals surface area (Å²) in [5.74, 6) is 0.891. The van der Waals surface area contributed by atoms with Gasteiger partial charge in [-0.25, -0.2) is 9.97 Å². The Kier molecular flexibility index (Phi) is 5.03. The number of rotatable bonds is 7. The maximum absolute atomic E-state index is 9.46. The van der Waals surface area contributed by atoms with Crippen LogP contribution < -0.4 is 5.32 Å². The van der Waals surface area contributed by atoms with E-state index in [4.69, 9.17) is 11.6 Å². The predicted octanol–water partition coefficient (Wildman–Crippen LogP) is 1.16. The lowest BCUT2D eigenvalue weighted by Gasteiger charge is -2.31. The van der Waals surface area contributed by atoms with Crippen LogP contribution in [0.15, 0.2) is 47.9 Å². The van der Waals surface area contributed by atoms with Gasteiger partial charge in [0, 0.05) is 31.7 Å². The van der Waals surface area contributed by atoms with Crippen molar-refractivity contribution in [3.8, 4) is 0 Å². The second-order valence-corrected chi connectivity index (χ2v) is 6.47. The zero-order chi connectivity index (χ0) is 18.6. The number of aliphatic hydroxyl groups is 1. The Morgan fingerprint density at radius 3 is 2.96 bits per heavy atom. The average molecular weight is 387 g/mol. The number of imidazole rings is 1. The van der Waals surface area contributed by atoms with Crippen LogP contribution in [0.3, 0.4) is 0 Å². The number of hydrogen-bond donors (Lipinski definition) is 3. The van der Waals surface area contributed by atoms with E-state index in [1.807, 2.05) is 16.7 Å². The molecule has 0 saturated carbocycles. The third-order valence-electron chi connectivity index (χ3n) is 4.36. The monoisotopic (exact) mass is 386 g/mol. The van der Waals surface area contributed by atoms with E-state index in [1.54, 1.807) is 31.0 Å². The third-order valence-corrected chi connectivity index (χ3v) is 4.56. The molecule has 3 N–H and O–H groups in total. The quantitative estimate of drug-likeness (QED) is 0.562. The van der Waals surface area contributed by atoms with Crippen molar-refractivity contribution in [1.82, 2.24) is 34.8 Å². The Morgan fingerprint density at radius 1 is 1.22 bits per heavy atom. The Balaban J connectivity index is 1.52. The van der Waals surface area contributed by atoms with E-state index >= 15 is 0 Å². The highest BCUT2D eigenvalue weighted by Gasteiger charge is 2.21. The van der Waals surface area contributed by atoms with Crippen molar-refractivity contribution < 1.29 is 5.11 Å². The number of allylic oxidation sites excluding steroid dienone is 1. The van der Waals surface area contributed by atoms with Crippen LogP contribution in [0, 0.1) is 0 Å². The molecular weight excluding hydrogens is 368 g/mol. The lowest BCUT2D eigenvalue weighted by Crippen LogP contribution is -2.38. The van der Waals surface area contributed by atoms with E-state index in [-0.39, 0.29) is 12.8 Å². The highest BCUT2D eigenvalue weighted by atomic mass is 35.5. The van der Waals surface area contributed by atoms with E-state index in [0.717, 1.165) is 30.0 Å². The van der Waals surface area contributed by atoms with E-state index in [1.165, 1.54) is 0 Å². The standard InChI is InChI=1S/C17H19ClN8O/c18-14-11-26-13(9-21-16(26)10-20-14)17-19-3-1-15(24-17)25(5-6-27)4-2-12-7-22-23-8-12/h1,3,7-11,17,24,27H,2,4-6H2,(H,22,23). The van der Waals surface area contributed by atoms with Crippen molar-refractivity contribution in [2.24, 2.45) is 4.99 Å². The van der Waals surface area contributed by atoms with Gasteiger partial charge in [-0.1, -0.05) is 11.6 Å². The Labute approximate surface area is 160 Å². The number of nitrogens with zero attached hydrogens (tertiary/aromatic N) is 6. The van der Waals surface area contributed by atoms with Crippen LogP contribution in [0.25, 0.3) is 5.65 Å². The average Bonchev–Trinajstić information content (AvgIpc) is 3.34. The molecule has 4 heterocycles. The lowest BCUT2D eigenvalue weighted by atomic mass is 10.2. The van der Waals surface area contributed by atoms with Gasteiger partial charge in [0.1, 0.15) is 11.0 Å². The Hall–Kier alpha value is -2.91. The number of H-pyrrole nitrogens is 1. The molecule has 3 aromatic heterocycles.